The van der Waals surface area contributed by atoms with Gasteiger partial charge >= 0.3 is 0 Å². The Labute approximate surface area is 98.6 Å². The van der Waals surface area contributed by atoms with Crippen LogP contribution in [0.3, 0.4) is 0 Å². The lowest BCUT2D eigenvalue weighted by Gasteiger charge is -2.01. The normalized spacial score (nSPS) is 14.9. The number of hydrogen-bond acceptors (Lipinski definition) is 5. The van der Waals surface area contributed by atoms with Crippen molar-refractivity contribution >= 4 is 0 Å². The molecule has 0 unspecified atom stereocenters. The lowest BCUT2D eigenvalue weighted by molar-refractivity contribution is 0.396. The second kappa shape index (κ2) is 4.12. The van der Waals surface area contributed by atoms with E-state index >= 15 is 0 Å². The van der Waals surface area contributed by atoms with Gasteiger partial charge in [-0.3, -0.25) is 0 Å². The van der Waals surface area contributed by atoms with Gasteiger partial charge in [-0.05, 0) is 29.7 Å². The molecule has 2 aromatic rings. The largest absolute Gasteiger partial charge is 0.481 e. The maximum absolute atomic E-state index is 5.07. The number of hydrogen-bond donors (Lipinski definition) is 0. The highest BCUT2D eigenvalue weighted by molar-refractivity contribution is 5.20. The van der Waals surface area contributed by atoms with Crippen molar-refractivity contribution < 1.29 is 4.74 Å². The molecule has 1 aliphatic rings. The summed E-state index contributed by atoms with van der Waals surface area (Å²) in [5, 5.41) is 12.5. The number of tetrazole rings is 1. The van der Waals surface area contributed by atoms with E-state index in [1.807, 2.05) is 12.1 Å². The van der Waals surface area contributed by atoms with Crippen LogP contribution in [0, 0.1) is 0 Å². The van der Waals surface area contributed by atoms with E-state index in [9.17, 15) is 0 Å². The van der Waals surface area contributed by atoms with Crippen LogP contribution in [0.4, 0.5) is 0 Å². The molecule has 1 fully saturated rings. The van der Waals surface area contributed by atoms with Gasteiger partial charge in [-0.1, -0.05) is 0 Å². The summed E-state index contributed by atoms with van der Waals surface area (Å²) < 4.78 is 5.07. The summed E-state index contributed by atoms with van der Waals surface area (Å²) in [5.41, 5.74) is 1.05. The van der Waals surface area contributed by atoms with Crippen LogP contribution in [-0.2, 0) is 6.54 Å². The Bertz CT molecular complexity index is 520. The number of pyridine rings is 1. The van der Waals surface area contributed by atoms with Gasteiger partial charge in [0.2, 0.25) is 5.88 Å². The molecule has 0 aromatic carbocycles. The molecule has 2 heterocycles. The maximum atomic E-state index is 5.07. The van der Waals surface area contributed by atoms with Crippen LogP contribution in [0.1, 0.15) is 30.1 Å². The van der Waals surface area contributed by atoms with Crippen molar-refractivity contribution in [3.8, 4) is 5.88 Å². The van der Waals surface area contributed by atoms with Crippen LogP contribution >= 0.6 is 0 Å². The standard InChI is InChI=1S/C11H13N5O/c1-17-10-6-8(4-5-12-10)7-16-14-11(13-15-16)9-2-3-9/h4-6,9H,2-3,7H2,1H3. The Morgan fingerprint density at radius 1 is 1.47 bits per heavy atom. The smallest absolute Gasteiger partial charge is 0.213 e. The first-order chi connectivity index (χ1) is 8.35. The minimum absolute atomic E-state index is 0.538. The average Bonchev–Trinajstić information content (AvgIpc) is 3.11. The summed E-state index contributed by atoms with van der Waals surface area (Å²) in [5.74, 6) is 2.01. The van der Waals surface area contributed by atoms with E-state index in [4.69, 9.17) is 4.74 Å². The molecule has 0 N–H and O–H groups in total. The predicted octanol–water partition coefficient (Wildman–Crippen LogP) is 1.00. The van der Waals surface area contributed by atoms with E-state index in [0.29, 0.717) is 18.3 Å². The third-order valence-electron chi connectivity index (χ3n) is 2.74. The van der Waals surface area contributed by atoms with Gasteiger partial charge in [0.25, 0.3) is 0 Å². The number of methoxy groups -OCH3 is 1. The Morgan fingerprint density at radius 2 is 2.35 bits per heavy atom. The Hall–Kier alpha value is -1.98. The fraction of sp³-hybridized carbons (Fsp3) is 0.455. The number of rotatable bonds is 4. The van der Waals surface area contributed by atoms with Gasteiger partial charge in [0.05, 0.1) is 13.7 Å². The number of aromatic nitrogens is 5. The van der Waals surface area contributed by atoms with Gasteiger partial charge < -0.3 is 4.74 Å². The van der Waals surface area contributed by atoms with Crippen LogP contribution in [-0.4, -0.2) is 32.3 Å². The van der Waals surface area contributed by atoms with Crippen molar-refractivity contribution in [2.24, 2.45) is 0 Å². The van der Waals surface area contributed by atoms with Crippen LogP contribution < -0.4 is 4.74 Å². The van der Waals surface area contributed by atoms with Crippen molar-refractivity contribution in [3.05, 3.63) is 29.7 Å². The second-order valence-electron chi connectivity index (χ2n) is 4.16. The lowest BCUT2D eigenvalue weighted by Crippen LogP contribution is -2.04. The molecule has 0 spiro atoms. The van der Waals surface area contributed by atoms with E-state index in [2.05, 4.69) is 20.4 Å². The van der Waals surface area contributed by atoms with Gasteiger partial charge in [-0.25, -0.2) is 4.98 Å². The van der Waals surface area contributed by atoms with Gasteiger partial charge in [0.15, 0.2) is 5.82 Å². The van der Waals surface area contributed by atoms with E-state index in [-0.39, 0.29) is 0 Å². The number of nitrogens with zero attached hydrogens (tertiary/aromatic N) is 5. The molecule has 2 aromatic heterocycles. The minimum atomic E-state index is 0.538. The third kappa shape index (κ3) is 2.25. The van der Waals surface area contributed by atoms with Crippen LogP contribution in [0.5, 0.6) is 5.88 Å². The topological polar surface area (TPSA) is 65.7 Å². The SMILES string of the molecule is COc1cc(Cn2nnc(C3CC3)n2)ccn1. The van der Waals surface area contributed by atoms with Gasteiger partial charge in [0, 0.05) is 18.2 Å². The molecule has 88 valence electrons. The Balaban J connectivity index is 1.75. The van der Waals surface area contributed by atoms with Crippen LogP contribution in [0.25, 0.3) is 0 Å². The third-order valence-corrected chi connectivity index (χ3v) is 2.74. The molecule has 17 heavy (non-hydrogen) atoms. The highest BCUT2D eigenvalue weighted by atomic mass is 16.5. The van der Waals surface area contributed by atoms with Crippen LogP contribution in [0.2, 0.25) is 0 Å². The molecule has 0 aliphatic heterocycles. The van der Waals surface area contributed by atoms with Gasteiger partial charge in [-0.2, -0.15) is 4.80 Å². The molecule has 1 aliphatic carbocycles. The van der Waals surface area contributed by atoms with E-state index in [0.717, 1.165) is 11.4 Å². The quantitative estimate of drug-likeness (QED) is 0.785. The molecule has 6 nitrogen and oxygen atoms in total. The molecular weight excluding hydrogens is 218 g/mol. The highest BCUT2D eigenvalue weighted by Gasteiger charge is 2.28. The fourth-order valence-corrected chi connectivity index (χ4v) is 1.65. The highest BCUT2D eigenvalue weighted by Crippen LogP contribution is 2.37. The molecule has 0 atom stereocenters. The summed E-state index contributed by atoms with van der Waals surface area (Å²) >= 11 is 0. The first-order valence-electron chi connectivity index (χ1n) is 5.62. The zero-order valence-corrected chi connectivity index (χ0v) is 9.58. The van der Waals surface area contributed by atoms with E-state index in [1.54, 1.807) is 18.1 Å². The molecule has 0 bridgehead atoms. The second-order valence-corrected chi connectivity index (χ2v) is 4.16. The zero-order chi connectivity index (χ0) is 11.7. The van der Waals surface area contributed by atoms with Crippen molar-refractivity contribution in [1.29, 1.82) is 0 Å². The van der Waals surface area contributed by atoms with E-state index < -0.39 is 0 Å². The van der Waals surface area contributed by atoms with E-state index in [1.165, 1.54) is 12.8 Å². The maximum Gasteiger partial charge on any atom is 0.213 e. The molecule has 0 amide bonds. The first kappa shape index (κ1) is 10.2. The minimum Gasteiger partial charge on any atom is -0.481 e. The zero-order valence-electron chi connectivity index (χ0n) is 9.58. The molecule has 0 saturated heterocycles. The predicted molar refractivity (Wildman–Crippen MR) is 59.7 cm³/mol. The van der Waals surface area contributed by atoms with Crippen molar-refractivity contribution in [1.82, 2.24) is 25.2 Å². The van der Waals surface area contributed by atoms with Gasteiger partial charge in [0.1, 0.15) is 0 Å². The van der Waals surface area contributed by atoms with Gasteiger partial charge in [-0.15, -0.1) is 10.2 Å². The summed E-state index contributed by atoms with van der Waals surface area (Å²) in [6, 6.07) is 3.79. The first-order valence-corrected chi connectivity index (χ1v) is 5.62. The summed E-state index contributed by atoms with van der Waals surface area (Å²) in [4.78, 5) is 5.67. The van der Waals surface area contributed by atoms with Crippen LogP contribution in [0.15, 0.2) is 18.3 Å². The molecular formula is C11H13N5O. The summed E-state index contributed by atoms with van der Waals surface area (Å²) in [6.45, 7) is 0.596. The molecule has 6 heteroatoms. The molecule has 1 saturated carbocycles. The van der Waals surface area contributed by atoms with Crippen molar-refractivity contribution in [2.45, 2.75) is 25.3 Å². The Kier molecular flexibility index (Phi) is 2.47. The van der Waals surface area contributed by atoms with Crippen molar-refractivity contribution in [2.75, 3.05) is 7.11 Å². The molecule has 0 radical (unpaired) electrons. The Morgan fingerprint density at radius 3 is 3.12 bits per heavy atom. The summed E-state index contributed by atoms with van der Waals surface area (Å²) in [6.07, 6.45) is 4.09. The fourth-order valence-electron chi connectivity index (χ4n) is 1.65. The average molecular weight is 231 g/mol. The monoisotopic (exact) mass is 231 g/mol. The number of ether oxygens (including phenoxy) is 1. The lowest BCUT2D eigenvalue weighted by atomic mass is 10.3. The summed E-state index contributed by atoms with van der Waals surface area (Å²) in [7, 11) is 1.60. The molecule has 3 rings (SSSR count). The van der Waals surface area contributed by atoms with Crippen molar-refractivity contribution in [3.63, 3.8) is 0 Å².